The fourth-order valence-electron chi connectivity index (χ4n) is 3.21. The van der Waals surface area contributed by atoms with E-state index in [2.05, 4.69) is 22.3 Å². The lowest BCUT2D eigenvalue weighted by atomic mass is 9.79. The van der Waals surface area contributed by atoms with Gasteiger partial charge in [-0.1, -0.05) is 0 Å². The van der Waals surface area contributed by atoms with Gasteiger partial charge in [0.2, 0.25) is 0 Å². The van der Waals surface area contributed by atoms with Crippen molar-refractivity contribution in [3.8, 4) is 0 Å². The van der Waals surface area contributed by atoms with Crippen LogP contribution >= 0.6 is 47.0 Å². The SMILES string of the molecule is C1=CSC(C2(C3=CSCS3)OCCCC2c2ccoc2)S1. The van der Waals surface area contributed by atoms with Gasteiger partial charge in [0.1, 0.15) is 5.60 Å². The zero-order valence-electron chi connectivity index (χ0n) is 11.4. The summed E-state index contributed by atoms with van der Waals surface area (Å²) >= 11 is 7.64. The molecule has 1 fully saturated rings. The lowest BCUT2D eigenvalue weighted by Gasteiger charge is -2.47. The van der Waals surface area contributed by atoms with Crippen molar-refractivity contribution in [3.63, 3.8) is 0 Å². The van der Waals surface area contributed by atoms with Crippen LogP contribution < -0.4 is 0 Å². The third-order valence-electron chi connectivity index (χ3n) is 4.11. The molecule has 0 saturated carbocycles. The molecule has 0 spiro atoms. The van der Waals surface area contributed by atoms with Gasteiger partial charge in [-0.2, -0.15) is 0 Å². The highest BCUT2D eigenvalue weighted by atomic mass is 32.2. The van der Waals surface area contributed by atoms with E-state index in [9.17, 15) is 0 Å². The predicted molar refractivity (Wildman–Crippen MR) is 95.6 cm³/mol. The van der Waals surface area contributed by atoms with Crippen LogP contribution in [0.5, 0.6) is 0 Å². The monoisotopic (exact) mass is 356 g/mol. The summed E-state index contributed by atoms with van der Waals surface area (Å²) in [5, 5.41) is 7.83. The average molecular weight is 357 g/mol. The molecule has 0 radical (unpaired) electrons. The molecule has 1 aromatic heterocycles. The Hall–Kier alpha value is 0.120. The van der Waals surface area contributed by atoms with Crippen LogP contribution in [-0.2, 0) is 4.74 Å². The number of thioether (sulfide) groups is 4. The molecule has 0 aromatic carbocycles. The first kappa shape index (κ1) is 14.7. The highest BCUT2D eigenvalue weighted by Gasteiger charge is 2.53. The Morgan fingerprint density at radius 1 is 1.24 bits per heavy atom. The first-order valence-electron chi connectivity index (χ1n) is 6.98. The van der Waals surface area contributed by atoms with Crippen LogP contribution in [0.4, 0.5) is 0 Å². The van der Waals surface area contributed by atoms with E-state index < -0.39 is 0 Å². The van der Waals surface area contributed by atoms with Crippen LogP contribution in [0.2, 0.25) is 0 Å². The minimum atomic E-state index is -0.213. The van der Waals surface area contributed by atoms with Crippen LogP contribution in [-0.4, -0.2) is 21.9 Å². The van der Waals surface area contributed by atoms with Gasteiger partial charge in [-0.3, -0.25) is 0 Å². The molecule has 1 aromatic rings. The molecule has 2 atom stereocenters. The largest absolute Gasteiger partial charge is 0.472 e. The Morgan fingerprint density at radius 2 is 2.14 bits per heavy atom. The second-order valence-corrected chi connectivity index (χ2v) is 9.75. The van der Waals surface area contributed by atoms with E-state index in [1.165, 1.54) is 16.9 Å². The maximum atomic E-state index is 6.54. The molecule has 0 N–H and O–H groups in total. The Kier molecular flexibility index (Phi) is 4.42. The molecule has 0 bridgehead atoms. The minimum Gasteiger partial charge on any atom is -0.472 e. The van der Waals surface area contributed by atoms with Gasteiger partial charge in [-0.15, -0.1) is 47.0 Å². The highest BCUT2D eigenvalue weighted by molar-refractivity contribution is 8.23. The van der Waals surface area contributed by atoms with E-state index in [-0.39, 0.29) is 5.60 Å². The molecule has 4 rings (SSSR count). The second-order valence-electron chi connectivity index (χ2n) is 5.18. The number of rotatable bonds is 3. The Bertz CT molecular complexity index is 546. The summed E-state index contributed by atoms with van der Waals surface area (Å²) in [5.41, 5.74) is 1.07. The molecule has 3 aliphatic heterocycles. The van der Waals surface area contributed by atoms with Crippen molar-refractivity contribution in [1.29, 1.82) is 0 Å². The van der Waals surface area contributed by atoms with Gasteiger partial charge in [0.25, 0.3) is 0 Å². The molecule has 2 nitrogen and oxygen atoms in total. The summed E-state index contributed by atoms with van der Waals surface area (Å²) in [5.74, 6) is 0.382. The number of hydrogen-bond donors (Lipinski definition) is 0. The summed E-state index contributed by atoms with van der Waals surface area (Å²) in [6.07, 6.45) is 5.98. The lowest BCUT2D eigenvalue weighted by Crippen LogP contribution is -2.50. The van der Waals surface area contributed by atoms with E-state index in [1.54, 1.807) is 6.26 Å². The summed E-state index contributed by atoms with van der Waals surface area (Å²) in [4.78, 5) is 1.41. The maximum Gasteiger partial charge on any atom is 0.128 e. The van der Waals surface area contributed by atoms with Crippen molar-refractivity contribution in [3.05, 3.63) is 45.3 Å². The first-order valence-corrected chi connectivity index (χ1v) is 10.9. The van der Waals surface area contributed by atoms with Crippen LogP contribution in [0.25, 0.3) is 0 Å². The topological polar surface area (TPSA) is 22.4 Å². The highest BCUT2D eigenvalue weighted by Crippen LogP contribution is 2.59. The zero-order chi connectivity index (χ0) is 14.1. The van der Waals surface area contributed by atoms with Gasteiger partial charge < -0.3 is 9.15 Å². The Labute approximate surface area is 141 Å². The summed E-state index contributed by atoms with van der Waals surface area (Å²) in [7, 11) is 0. The van der Waals surface area contributed by atoms with Crippen molar-refractivity contribution in [2.75, 3.05) is 11.7 Å². The van der Waals surface area contributed by atoms with Crippen LogP contribution in [0, 0.1) is 0 Å². The van der Waals surface area contributed by atoms with Crippen molar-refractivity contribution in [2.45, 2.75) is 28.9 Å². The molecule has 6 heteroatoms. The maximum absolute atomic E-state index is 6.54. The van der Waals surface area contributed by atoms with Crippen LogP contribution in [0.1, 0.15) is 24.3 Å². The molecule has 21 heavy (non-hydrogen) atoms. The minimum absolute atomic E-state index is 0.213. The van der Waals surface area contributed by atoms with Crippen LogP contribution in [0.15, 0.2) is 44.1 Å². The molecule has 1 saturated heterocycles. The normalized spacial score (nSPS) is 33.5. The van der Waals surface area contributed by atoms with E-state index in [0.29, 0.717) is 10.5 Å². The predicted octanol–water partition coefficient (Wildman–Crippen LogP) is 5.47. The molecular weight excluding hydrogens is 340 g/mol. The zero-order valence-corrected chi connectivity index (χ0v) is 14.7. The van der Waals surface area contributed by atoms with E-state index >= 15 is 0 Å². The van der Waals surface area contributed by atoms with Crippen molar-refractivity contribution < 1.29 is 9.15 Å². The third kappa shape index (κ3) is 2.53. The third-order valence-corrected chi connectivity index (χ3v) is 9.04. The number of ether oxygens (including phenoxy) is 1. The van der Waals surface area contributed by atoms with Crippen molar-refractivity contribution in [2.24, 2.45) is 0 Å². The molecule has 2 unspecified atom stereocenters. The van der Waals surface area contributed by atoms with E-state index in [0.717, 1.165) is 18.1 Å². The first-order chi connectivity index (χ1) is 10.4. The summed E-state index contributed by atoms with van der Waals surface area (Å²) < 4.78 is 12.3. The molecule has 4 heterocycles. The lowest BCUT2D eigenvalue weighted by molar-refractivity contribution is -0.0507. The van der Waals surface area contributed by atoms with E-state index in [4.69, 9.17) is 9.15 Å². The van der Waals surface area contributed by atoms with Crippen LogP contribution in [0.3, 0.4) is 0 Å². The van der Waals surface area contributed by atoms with Gasteiger partial charge in [0.15, 0.2) is 0 Å². The summed E-state index contributed by atoms with van der Waals surface area (Å²) in [6.45, 7) is 0.856. The van der Waals surface area contributed by atoms with Crippen molar-refractivity contribution in [1.82, 2.24) is 0 Å². The van der Waals surface area contributed by atoms with Crippen molar-refractivity contribution >= 4 is 47.0 Å². The average Bonchev–Trinajstić information content (AvgIpc) is 3.29. The number of hydrogen-bond acceptors (Lipinski definition) is 6. The molecule has 0 amide bonds. The van der Waals surface area contributed by atoms with Gasteiger partial charge >= 0.3 is 0 Å². The standard InChI is InChI=1S/C15H16O2S4/c1-2-12(11-3-5-16-8-11)15(17-4-1,13-9-18-10-21-13)14-19-6-7-20-14/h3,5-9,12,14H,1-2,4,10H2. The smallest absolute Gasteiger partial charge is 0.128 e. The van der Waals surface area contributed by atoms with Gasteiger partial charge in [-0.05, 0) is 40.7 Å². The summed E-state index contributed by atoms with van der Waals surface area (Å²) in [6, 6.07) is 2.11. The molecule has 112 valence electrons. The second kappa shape index (κ2) is 6.32. The quantitative estimate of drug-likeness (QED) is 0.711. The van der Waals surface area contributed by atoms with E-state index in [1.807, 2.05) is 53.3 Å². The number of furan rings is 1. The fourth-order valence-corrected chi connectivity index (χ4v) is 8.33. The van der Waals surface area contributed by atoms with Gasteiger partial charge in [-0.25, -0.2) is 0 Å². The van der Waals surface area contributed by atoms with Gasteiger partial charge in [0, 0.05) is 22.5 Å². The molecule has 0 aliphatic carbocycles. The molecular formula is C15H16O2S4. The van der Waals surface area contributed by atoms with Gasteiger partial charge in [0.05, 0.1) is 17.1 Å². The molecule has 3 aliphatic rings. The Balaban J connectivity index is 1.78. The Morgan fingerprint density at radius 3 is 2.86 bits per heavy atom. The fraction of sp³-hybridized carbons (Fsp3) is 0.467.